The summed E-state index contributed by atoms with van der Waals surface area (Å²) in [5.74, 6) is -0.700. The Bertz CT molecular complexity index is 577. The van der Waals surface area contributed by atoms with Gasteiger partial charge in [0.2, 0.25) is 5.91 Å². The molecule has 0 fully saturated rings. The number of likely N-dealkylation sites (N-methyl/N-ethyl adjacent to an activating group) is 1. The van der Waals surface area contributed by atoms with Gasteiger partial charge in [-0.25, -0.2) is 4.79 Å². The van der Waals surface area contributed by atoms with Crippen LogP contribution in [-0.4, -0.2) is 36.0 Å². The number of rotatable bonds is 5. The quantitative estimate of drug-likeness (QED) is 0.847. The number of methoxy groups -OCH3 is 1. The lowest BCUT2D eigenvalue weighted by molar-refractivity contribution is -0.134. The molecule has 5 heteroatoms. The van der Waals surface area contributed by atoms with Gasteiger partial charge in [0.15, 0.2) is 0 Å². The van der Waals surface area contributed by atoms with Crippen molar-refractivity contribution in [2.45, 2.75) is 26.8 Å². The summed E-state index contributed by atoms with van der Waals surface area (Å²) in [6, 6.07) is 7.21. The summed E-state index contributed by atoms with van der Waals surface area (Å²) in [6.45, 7) is 4.83. The van der Waals surface area contributed by atoms with Crippen LogP contribution < -0.4 is 4.74 Å². The van der Waals surface area contributed by atoms with E-state index >= 15 is 0 Å². The molecule has 1 unspecified atom stereocenters. The van der Waals surface area contributed by atoms with Crippen LogP contribution in [0.4, 0.5) is 0 Å². The first kappa shape index (κ1) is 16.8. The van der Waals surface area contributed by atoms with E-state index in [4.69, 9.17) is 9.84 Å². The molecule has 114 valence electrons. The highest BCUT2D eigenvalue weighted by Gasteiger charge is 2.23. The van der Waals surface area contributed by atoms with Gasteiger partial charge in [0.05, 0.1) is 13.2 Å². The molecule has 5 nitrogen and oxygen atoms in total. The molecule has 0 bridgehead atoms. The Balaban J connectivity index is 3.08. The average Bonchev–Trinajstić information content (AvgIpc) is 2.50. The number of hydrogen-bond acceptors (Lipinski definition) is 3. The van der Waals surface area contributed by atoms with Gasteiger partial charge in [0, 0.05) is 23.8 Å². The molecule has 1 atom stereocenters. The fraction of sp³-hybridized carbons (Fsp3) is 0.375. The van der Waals surface area contributed by atoms with Crippen LogP contribution in [0.25, 0.3) is 0 Å². The summed E-state index contributed by atoms with van der Waals surface area (Å²) >= 11 is 0. The van der Waals surface area contributed by atoms with Crippen molar-refractivity contribution in [3.05, 3.63) is 41.0 Å². The smallest absolute Gasteiger partial charge is 0.331 e. The third-order valence-corrected chi connectivity index (χ3v) is 3.69. The van der Waals surface area contributed by atoms with Crippen molar-refractivity contribution in [1.29, 1.82) is 0 Å². The second-order valence-corrected chi connectivity index (χ2v) is 4.89. The van der Waals surface area contributed by atoms with E-state index in [2.05, 4.69) is 0 Å². The van der Waals surface area contributed by atoms with Gasteiger partial charge >= 0.3 is 5.97 Å². The molecule has 0 radical (unpaired) electrons. The molecular weight excluding hydrogens is 270 g/mol. The minimum atomic E-state index is -1.08. The molecule has 0 spiro atoms. The van der Waals surface area contributed by atoms with E-state index in [0.29, 0.717) is 5.75 Å². The van der Waals surface area contributed by atoms with Gasteiger partial charge in [-0.2, -0.15) is 0 Å². The zero-order chi connectivity index (χ0) is 16.2. The largest absolute Gasteiger partial charge is 0.496 e. The summed E-state index contributed by atoms with van der Waals surface area (Å²) in [7, 11) is 3.23. The van der Waals surface area contributed by atoms with Crippen molar-refractivity contribution in [3.8, 4) is 5.75 Å². The van der Waals surface area contributed by atoms with E-state index in [1.165, 1.54) is 18.7 Å². The molecule has 1 amide bonds. The SMILES string of the molecule is COc1ccccc1C(C)N(C)C(=O)C(C)=C(C)C(=O)O. The molecule has 1 N–H and O–H groups in total. The van der Waals surface area contributed by atoms with Crippen molar-refractivity contribution in [2.24, 2.45) is 0 Å². The number of carbonyl (C=O) groups excluding carboxylic acids is 1. The zero-order valence-electron chi connectivity index (χ0n) is 13.0. The van der Waals surface area contributed by atoms with E-state index in [-0.39, 0.29) is 23.1 Å². The van der Waals surface area contributed by atoms with Crippen LogP contribution in [-0.2, 0) is 9.59 Å². The number of amides is 1. The van der Waals surface area contributed by atoms with Gasteiger partial charge < -0.3 is 14.7 Å². The lowest BCUT2D eigenvalue weighted by Crippen LogP contribution is -2.31. The minimum Gasteiger partial charge on any atom is -0.496 e. The number of nitrogens with zero attached hydrogens (tertiary/aromatic N) is 1. The summed E-state index contributed by atoms with van der Waals surface area (Å²) in [4.78, 5) is 24.8. The van der Waals surface area contributed by atoms with Crippen LogP contribution in [0.3, 0.4) is 0 Å². The van der Waals surface area contributed by atoms with E-state index < -0.39 is 5.97 Å². The number of carboxylic acids is 1. The highest BCUT2D eigenvalue weighted by atomic mass is 16.5. The second kappa shape index (κ2) is 6.92. The van der Waals surface area contributed by atoms with Crippen molar-refractivity contribution in [3.63, 3.8) is 0 Å². The van der Waals surface area contributed by atoms with Gasteiger partial charge in [0.1, 0.15) is 5.75 Å². The number of carbonyl (C=O) groups is 2. The maximum atomic E-state index is 12.4. The molecule has 0 saturated heterocycles. The standard InChI is InChI=1S/C16H21NO4/c1-10(11(2)16(19)20)15(18)17(4)12(3)13-8-6-7-9-14(13)21-5/h6-9,12H,1-5H3,(H,19,20). The molecule has 0 heterocycles. The summed E-state index contributed by atoms with van der Waals surface area (Å²) in [5, 5.41) is 8.97. The van der Waals surface area contributed by atoms with E-state index in [1.54, 1.807) is 14.2 Å². The van der Waals surface area contributed by atoms with Crippen molar-refractivity contribution in [1.82, 2.24) is 4.90 Å². The van der Waals surface area contributed by atoms with E-state index in [9.17, 15) is 9.59 Å². The Labute approximate surface area is 124 Å². The van der Waals surface area contributed by atoms with Crippen molar-refractivity contribution < 1.29 is 19.4 Å². The fourth-order valence-electron chi connectivity index (χ4n) is 1.98. The average molecular weight is 291 g/mol. The van der Waals surface area contributed by atoms with Gasteiger partial charge in [-0.15, -0.1) is 0 Å². The lowest BCUT2D eigenvalue weighted by Gasteiger charge is -2.27. The highest BCUT2D eigenvalue weighted by Crippen LogP contribution is 2.29. The predicted molar refractivity (Wildman–Crippen MR) is 80.2 cm³/mol. The molecule has 1 aromatic carbocycles. The van der Waals surface area contributed by atoms with Gasteiger partial charge in [-0.05, 0) is 26.8 Å². The molecule has 1 aromatic rings. The first-order chi connectivity index (χ1) is 9.81. The molecule has 0 aliphatic heterocycles. The number of hydrogen-bond donors (Lipinski definition) is 1. The topological polar surface area (TPSA) is 66.8 Å². The normalized spacial score (nSPS) is 13.2. The molecule has 1 rings (SSSR count). The first-order valence-electron chi connectivity index (χ1n) is 6.62. The van der Waals surface area contributed by atoms with Crippen molar-refractivity contribution >= 4 is 11.9 Å². The summed E-state index contributed by atoms with van der Waals surface area (Å²) < 4.78 is 5.30. The number of benzene rings is 1. The van der Waals surface area contributed by atoms with Gasteiger partial charge in [0.25, 0.3) is 0 Å². The van der Waals surface area contributed by atoms with Crippen LogP contribution in [0.2, 0.25) is 0 Å². The molecule has 0 aliphatic rings. The van der Waals surface area contributed by atoms with E-state index in [0.717, 1.165) is 5.56 Å². The molecule has 0 aromatic heterocycles. The molecular formula is C16H21NO4. The predicted octanol–water partition coefficient (Wildman–Crippen LogP) is 2.64. The Morgan fingerprint density at radius 3 is 2.29 bits per heavy atom. The Morgan fingerprint density at radius 1 is 1.19 bits per heavy atom. The Hall–Kier alpha value is -2.30. The van der Waals surface area contributed by atoms with Crippen LogP contribution in [0.1, 0.15) is 32.4 Å². The maximum absolute atomic E-state index is 12.4. The highest BCUT2D eigenvalue weighted by molar-refractivity contribution is 6.01. The van der Waals surface area contributed by atoms with Gasteiger partial charge in [-0.1, -0.05) is 18.2 Å². The van der Waals surface area contributed by atoms with Crippen LogP contribution in [0.5, 0.6) is 5.75 Å². The number of ether oxygens (including phenoxy) is 1. The van der Waals surface area contributed by atoms with Crippen molar-refractivity contribution in [2.75, 3.05) is 14.2 Å². The van der Waals surface area contributed by atoms with E-state index in [1.807, 2.05) is 31.2 Å². The maximum Gasteiger partial charge on any atom is 0.331 e. The molecule has 0 aliphatic carbocycles. The van der Waals surface area contributed by atoms with Crippen LogP contribution in [0, 0.1) is 0 Å². The van der Waals surface area contributed by atoms with Crippen LogP contribution >= 0.6 is 0 Å². The minimum absolute atomic E-state index is 0.0547. The van der Waals surface area contributed by atoms with Crippen LogP contribution in [0.15, 0.2) is 35.4 Å². The number of carboxylic acid groups (broad SMARTS) is 1. The third-order valence-electron chi connectivity index (χ3n) is 3.69. The van der Waals surface area contributed by atoms with Gasteiger partial charge in [-0.3, -0.25) is 4.79 Å². The fourth-order valence-corrected chi connectivity index (χ4v) is 1.98. The molecule has 0 saturated carbocycles. The summed E-state index contributed by atoms with van der Waals surface area (Å²) in [6.07, 6.45) is 0. The second-order valence-electron chi connectivity index (χ2n) is 4.89. The third kappa shape index (κ3) is 3.62. The number of aliphatic carboxylic acids is 1. The Morgan fingerprint density at radius 2 is 1.76 bits per heavy atom. The molecule has 21 heavy (non-hydrogen) atoms. The monoisotopic (exact) mass is 291 g/mol. The first-order valence-corrected chi connectivity index (χ1v) is 6.62. The lowest BCUT2D eigenvalue weighted by atomic mass is 10.0. The zero-order valence-corrected chi connectivity index (χ0v) is 13.0. The summed E-state index contributed by atoms with van der Waals surface area (Å²) in [5.41, 5.74) is 1.16. The Kier molecular flexibility index (Phi) is 5.52. The number of para-hydroxylation sites is 1.